The van der Waals surface area contributed by atoms with Gasteiger partial charge in [-0.2, -0.15) is 10.2 Å². The van der Waals surface area contributed by atoms with Crippen LogP contribution >= 0.6 is 0 Å². The van der Waals surface area contributed by atoms with Crippen molar-refractivity contribution >= 4 is 45.5 Å². The SMILES string of the molecule is COC(=O)CNC(=O)CNC(=O)Cn1nc(C2CC3(C2)CN(C(C)=O)C3)c2c(-c3cc4c(cnn4C)cc3F)cccc21. The van der Waals surface area contributed by atoms with Crippen LogP contribution in [0.25, 0.3) is 32.9 Å². The minimum atomic E-state index is -0.598. The highest BCUT2D eigenvalue weighted by Gasteiger charge is 2.54. The highest BCUT2D eigenvalue weighted by Crippen LogP contribution is 2.57. The van der Waals surface area contributed by atoms with E-state index in [1.165, 1.54) is 13.2 Å². The second-order valence-electron chi connectivity index (χ2n) is 11.5. The highest BCUT2D eigenvalue weighted by atomic mass is 19.1. The molecule has 3 amide bonds. The summed E-state index contributed by atoms with van der Waals surface area (Å²) in [5.41, 5.74) is 3.38. The van der Waals surface area contributed by atoms with E-state index in [2.05, 4.69) is 20.5 Å². The minimum Gasteiger partial charge on any atom is -0.468 e. The van der Waals surface area contributed by atoms with Crippen LogP contribution in [0.4, 0.5) is 4.39 Å². The Bertz CT molecular complexity index is 1780. The van der Waals surface area contributed by atoms with Crippen LogP contribution in [-0.2, 0) is 37.5 Å². The van der Waals surface area contributed by atoms with Crippen molar-refractivity contribution in [2.45, 2.75) is 32.2 Å². The van der Waals surface area contributed by atoms with Gasteiger partial charge in [0, 0.05) is 54.7 Å². The summed E-state index contributed by atoms with van der Waals surface area (Å²) in [6, 6.07) is 8.78. The third-order valence-corrected chi connectivity index (χ3v) is 8.57. The smallest absolute Gasteiger partial charge is 0.325 e. The number of hydrogen-bond donors (Lipinski definition) is 2. The van der Waals surface area contributed by atoms with Gasteiger partial charge in [0.05, 0.1) is 36.6 Å². The third kappa shape index (κ3) is 5.19. The van der Waals surface area contributed by atoms with E-state index >= 15 is 4.39 Å². The van der Waals surface area contributed by atoms with E-state index in [1.807, 2.05) is 23.1 Å². The standard InChI is InChI=1S/C30H32FN7O5/c1-17(39)37-15-30(16-37)9-19(10-30)29-28-20(21-8-24-18(7-22(21)31)11-34-36(24)2)5-4-6-23(28)38(35-29)14-26(41)32-12-25(40)33-13-27(42)43-3/h4-8,11,19H,9-10,12-16H2,1-3H3,(H,32,41)(H,33,40). The number of fused-ring (bicyclic) bond motifs is 2. The fourth-order valence-corrected chi connectivity index (χ4v) is 6.37. The van der Waals surface area contributed by atoms with Crippen LogP contribution in [-0.4, -0.2) is 81.4 Å². The summed E-state index contributed by atoms with van der Waals surface area (Å²) < 4.78 is 23.4. The van der Waals surface area contributed by atoms with Crippen molar-refractivity contribution in [3.8, 4) is 11.1 Å². The Hall–Kier alpha value is -4.81. The molecule has 2 N–H and O–H groups in total. The lowest BCUT2D eigenvalue weighted by Crippen LogP contribution is -2.62. The molecule has 0 unspecified atom stereocenters. The summed E-state index contributed by atoms with van der Waals surface area (Å²) >= 11 is 0. The molecule has 2 aromatic carbocycles. The first kappa shape index (κ1) is 28.3. The normalized spacial score (nSPS) is 15.8. The lowest BCUT2D eigenvalue weighted by atomic mass is 9.56. The molecule has 2 aliphatic rings. The van der Waals surface area contributed by atoms with Crippen LogP contribution in [0.5, 0.6) is 0 Å². The number of methoxy groups -OCH3 is 1. The summed E-state index contributed by atoms with van der Waals surface area (Å²) in [4.78, 5) is 49.8. The van der Waals surface area contributed by atoms with Crippen molar-refractivity contribution in [3.05, 3.63) is 48.0 Å². The number of aromatic nitrogens is 4. The molecular formula is C30H32FN7O5. The van der Waals surface area contributed by atoms with Gasteiger partial charge in [0.15, 0.2) is 0 Å². The number of ether oxygens (including phenoxy) is 1. The number of carbonyl (C=O) groups is 4. The van der Waals surface area contributed by atoms with E-state index in [9.17, 15) is 19.2 Å². The summed E-state index contributed by atoms with van der Waals surface area (Å²) in [7, 11) is 3.02. The molecule has 1 saturated carbocycles. The van der Waals surface area contributed by atoms with Gasteiger partial charge in [-0.1, -0.05) is 12.1 Å². The van der Waals surface area contributed by atoms with Gasteiger partial charge < -0.3 is 20.3 Å². The topological polar surface area (TPSA) is 140 Å². The van der Waals surface area contributed by atoms with Crippen molar-refractivity contribution in [2.24, 2.45) is 12.5 Å². The summed E-state index contributed by atoms with van der Waals surface area (Å²) in [5.74, 6) is -1.82. The lowest BCUT2D eigenvalue weighted by Gasteiger charge is -2.58. The zero-order valence-electron chi connectivity index (χ0n) is 24.1. The van der Waals surface area contributed by atoms with Gasteiger partial charge >= 0.3 is 5.97 Å². The maximum atomic E-state index is 15.6. The van der Waals surface area contributed by atoms with E-state index in [4.69, 9.17) is 5.10 Å². The predicted octanol–water partition coefficient (Wildman–Crippen LogP) is 1.86. The van der Waals surface area contributed by atoms with Crippen molar-refractivity contribution in [2.75, 3.05) is 33.3 Å². The summed E-state index contributed by atoms with van der Waals surface area (Å²) in [6.45, 7) is 2.23. The average molecular weight is 590 g/mol. The van der Waals surface area contributed by atoms with E-state index in [0.29, 0.717) is 22.0 Å². The Balaban J connectivity index is 1.31. The summed E-state index contributed by atoms with van der Waals surface area (Å²) in [6.07, 6.45) is 3.30. The molecule has 43 heavy (non-hydrogen) atoms. The maximum Gasteiger partial charge on any atom is 0.325 e. The van der Waals surface area contributed by atoms with Gasteiger partial charge in [0.1, 0.15) is 18.9 Å². The van der Waals surface area contributed by atoms with Crippen molar-refractivity contribution in [1.29, 1.82) is 0 Å². The van der Waals surface area contributed by atoms with Crippen LogP contribution in [0.15, 0.2) is 36.5 Å². The quantitative estimate of drug-likeness (QED) is 0.299. The average Bonchev–Trinajstić information content (AvgIpc) is 3.48. The molecular weight excluding hydrogens is 557 g/mol. The molecule has 4 aromatic rings. The van der Waals surface area contributed by atoms with Crippen LogP contribution < -0.4 is 10.6 Å². The molecule has 12 nitrogen and oxygen atoms in total. The zero-order chi connectivity index (χ0) is 30.5. The largest absolute Gasteiger partial charge is 0.468 e. The van der Waals surface area contributed by atoms with E-state index in [-0.39, 0.29) is 42.7 Å². The minimum absolute atomic E-state index is 0.0647. The number of esters is 1. The Morgan fingerprint density at radius 1 is 1.05 bits per heavy atom. The number of hydrogen-bond acceptors (Lipinski definition) is 7. The molecule has 1 aliphatic carbocycles. The Labute approximate surface area is 246 Å². The molecule has 0 atom stereocenters. The first-order valence-electron chi connectivity index (χ1n) is 14.0. The summed E-state index contributed by atoms with van der Waals surface area (Å²) in [5, 5.41) is 15.5. The molecule has 224 valence electrons. The fourth-order valence-electron chi connectivity index (χ4n) is 6.37. The van der Waals surface area contributed by atoms with Crippen molar-refractivity contribution < 1.29 is 28.3 Å². The van der Waals surface area contributed by atoms with Crippen LogP contribution in [0.2, 0.25) is 0 Å². The van der Waals surface area contributed by atoms with E-state index in [0.717, 1.165) is 42.5 Å². The Kier molecular flexibility index (Phi) is 7.10. The van der Waals surface area contributed by atoms with Crippen LogP contribution in [0.1, 0.15) is 31.4 Å². The molecule has 2 fully saturated rings. The number of rotatable bonds is 8. The van der Waals surface area contributed by atoms with Gasteiger partial charge in [0.2, 0.25) is 17.7 Å². The molecule has 1 saturated heterocycles. The number of likely N-dealkylation sites (tertiary alicyclic amines) is 1. The molecule has 1 aliphatic heterocycles. The van der Waals surface area contributed by atoms with Gasteiger partial charge in [0.25, 0.3) is 0 Å². The van der Waals surface area contributed by atoms with Crippen molar-refractivity contribution in [3.63, 3.8) is 0 Å². The first-order chi connectivity index (χ1) is 20.6. The van der Waals surface area contributed by atoms with Crippen LogP contribution in [0, 0.1) is 11.2 Å². The second kappa shape index (κ2) is 10.8. The third-order valence-electron chi connectivity index (χ3n) is 8.57. The van der Waals surface area contributed by atoms with E-state index < -0.39 is 17.8 Å². The van der Waals surface area contributed by atoms with Gasteiger partial charge in [-0.3, -0.25) is 28.5 Å². The molecule has 0 bridgehead atoms. The highest BCUT2D eigenvalue weighted by molar-refractivity contribution is 6.00. The van der Waals surface area contributed by atoms with Gasteiger partial charge in [-0.05, 0) is 36.6 Å². The zero-order valence-corrected chi connectivity index (χ0v) is 24.1. The molecule has 6 rings (SSSR count). The number of benzene rings is 2. The van der Waals surface area contributed by atoms with Gasteiger partial charge in [-0.15, -0.1) is 0 Å². The number of nitrogens with one attached hydrogen (secondary N) is 2. The van der Waals surface area contributed by atoms with Gasteiger partial charge in [-0.25, -0.2) is 4.39 Å². The second-order valence-corrected chi connectivity index (χ2v) is 11.5. The monoisotopic (exact) mass is 589 g/mol. The number of halogens is 1. The maximum absolute atomic E-state index is 15.6. The molecule has 0 radical (unpaired) electrons. The Morgan fingerprint density at radius 2 is 1.79 bits per heavy atom. The van der Waals surface area contributed by atoms with Crippen molar-refractivity contribution in [1.82, 2.24) is 35.1 Å². The fraction of sp³-hybridized carbons (Fsp3) is 0.400. The molecule has 13 heteroatoms. The molecule has 1 spiro atoms. The van der Waals surface area contributed by atoms with Crippen LogP contribution in [0.3, 0.4) is 0 Å². The number of aryl methyl sites for hydroxylation is 1. The molecule has 2 aromatic heterocycles. The predicted molar refractivity (Wildman–Crippen MR) is 154 cm³/mol. The first-order valence-corrected chi connectivity index (χ1v) is 14.0. The van der Waals surface area contributed by atoms with E-state index in [1.54, 1.807) is 35.6 Å². The number of amides is 3. The molecule has 3 heterocycles. The number of nitrogens with zero attached hydrogens (tertiary/aromatic N) is 5. The number of carbonyl (C=O) groups excluding carboxylic acids is 4. The lowest BCUT2D eigenvalue weighted by molar-refractivity contribution is -0.149. The Morgan fingerprint density at radius 3 is 2.51 bits per heavy atom.